The standard InChI is InChI=1S/C22H27N3O2/c1-15-6-4-8-17(12-15)22(2,3)14-23-20(26)16-7-5-9-19(13-16)25-21(27)24-18-10-11-18/h4-9,12-13,18H,10-11,14H2,1-3H3,(H,23,26)(H2,24,25,27). The van der Waals surface area contributed by atoms with Crippen molar-refractivity contribution in [3.63, 3.8) is 0 Å². The molecule has 0 atom stereocenters. The first kappa shape index (κ1) is 19.0. The number of nitrogens with one attached hydrogen (secondary N) is 3. The molecule has 3 amide bonds. The molecule has 0 spiro atoms. The van der Waals surface area contributed by atoms with E-state index in [1.54, 1.807) is 24.3 Å². The van der Waals surface area contributed by atoms with Crippen molar-refractivity contribution in [1.29, 1.82) is 0 Å². The molecule has 27 heavy (non-hydrogen) atoms. The van der Waals surface area contributed by atoms with Gasteiger partial charge in [-0.25, -0.2) is 4.79 Å². The zero-order valence-corrected chi connectivity index (χ0v) is 16.1. The van der Waals surface area contributed by atoms with Gasteiger partial charge in [0.15, 0.2) is 0 Å². The van der Waals surface area contributed by atoms with Gasteiger partial charge in [-0.1, -0.05) is 49.7 Å². The van der Waals surface area contributed by atoms with Crippen LogP contribution < -0.4 is 16.0 Å². The molecule has 0 aromatic heterocycles. The maximum absolute atomic E-state index is 12.6. The van der Waals surface area contributed by atoms with Gasteiger partial charge in [-0.3, -0.25) is 4.79 Å². The van der Waals surface area contributed by atoms with Crippen LogP contribution in [0.3, 0.4) is 0 Å². The van der Waals surface area contributed by atoms with Crippen molar-refractivity contribution in [2.24, 2.45) is 0 Å². The lowest BCUT2D eigenvalue weighted by molar-refractivity contribution is 0.0945. The maximum Gasteiger partial charge on any atom is 0.319 e. The molecule has 2 aromatic rings. The molecule has 2 aromatic carbocycles. The van der Waals surface area contributed by atoms with Crippen molar-refractivity contribution >= 4 is 17.6 Å². The van der Waals surface area contributed by atoms with E-state index >= 15 is 0 Å². The summed E-state index contributed by atoms with van der Waals surface area (Å²) in [4.78, 5) is 24.4. The fraction of sp³-hybridized carbons (Fsp3) is 0.364. The highest BCUT2D eigenvalue weighted by Crippen LogP contribution is 2.23. The van der Waals surface area contributed by atoms with Crippen LogP contribution in [0, 0.1) is 6.92 Å². The highest BCUT2D eigenvalue weighted by atomic mass is 16.2. The van der Waals surface area contributed by atoms with Crippen LogP contribution in [-0.4, -0.2) is 24.5 Å². The third kappa shape index (κ3) is 5.33. The van der Waals surface area contributed by atoms with E-state index in [-0.39, 0.29) is 17.4 Å². The smallest absolute Gasteiger partial charge is 0.319 e. The number of anilines is 1. The van der Waals surface area contributed by atoms with Crippen molar-refractivity contribution in [3.8, 4) is 0 Å². The van der Waals surface area contributed by atoms with Crippen molar-refractivity contribution < 1.29 is 9.59 Å². The highest BCUT2D eigenvalue weighted by Gasteiger charge is 2.24. The Labute approximate surface area is 160 Å². The second-order valence-electron chi connectivity index (χ2n) is 7.89. The molecule has 3 N–H and O–H groups in total. The minimum absolute atomic E-state index is 0.151. The number of hydrogen-bond acceptors (Lipinski definition) is 2. The average molecular weight is 365 g/mol. The molecule has 0 saturated heterocycles. The van der Waals surface area contributed by atoms with Gasteiger partial charge in [-0.2, -0.15) is 0 Å². The Bertz CT molecular complexity index is 841. The largest absolute Gasteiger partial charge is 0.351 e. The summed E-state index contributed by atoms with van der Waals surface area (Å²) in [5, 5.41) is 8.66. The lowest BCUT2D eigenvalue weighted by Crippen LogP contribution is -2.36. The van der Waals surface area contributed by atoms with E-state index in [0.29, 0.717) is 23.8 Å². The third-order valence-corrected chi connectivity index (χ3v) is 4.79. The number of amides is 3. The third-order valence-electron chi connectivity index (χ3n) is 4.79. The summed E-state index contributed by atoms with van der Waals surface area (Å²) in [6.45, 7) is 6.82. The minimum Gasteiger partial charge on any atom is -0.351 e. The number of carbonyl (C=O) groups excluding carboxylic acids is 2. The lowest BCUT2D eigenvalue weighted by Gasteiger charge is -2.26. The normalized spacial score (nSPS) is 13.7. The number of rotatable bonds is 6. The van der Waals surface area contributed by atoms with Gasteiger partial charge in [-0.15, -0.1) is 0 Å². The Morgan fingerprint density at radius 1 is 1.07 bits per heavy atom. The van der Waals surface area contributed by atoms with Gasteiger partial charge < -0.3 is 16.0 Å². The van der Waals surface area contributed by atoms with Crippen molar-refractivity contribution in [3.05, 3.63) is 65.2 Å². The van der Waals surface area contributed by atoms with Crippen LogP contribution >= 0.6 is 0 Å². The second-order valence-corrected chi connectivity index (χ2v) is 7.89. The lowest BCUT2D eigenvalue weighted by atomic mass is 9.84. The van der Waals surface area contributed by atoms with Crippen LogP contribution in [0.4, 0.5) is 10.5 Å². The van der Waals surface area contributed by atoms with Gasteiger partial charge in [-0.05, 0) is 43.5 Å². The number of urea groups is 1. The van der Waals surface area contributed by atoms with Crippen LogP contribution in [0.15, 0.2) is 48.5 Å². The average Bonchev–Trinajstić information content (AvgIpc) is 3.44. The summed E-state index contributed by atoms with van der Waals surface area (Å²) < 4.78 is 0. The van der Waals surface area contributed by atoms with Crippen molar-refractivity contribution in [2.45, 2.75) is 45.1 Å². The van der Waals surface area contributed by atoms with Gasteiger partial charge in [0.05, 0.1) is 0 Å². The molecule has 0 unspecified atom stereocenters. The van der Waals surface area contributed by atoms with Crippen LogP contribution in [0.1, 0.15) is 48.2 Å². The summed E-state index contributed by atoms with van der Waals surface area (Å²) in [6, 6.07) is 15.4. The summed E-state index contributed by atoms with van der Waals surface area (Å²) >= 11 is 0. The van der Waals surface area contributed by atoms with Crippen LogP contribution in [-0.2, 0) is 5.41 Å². The Morgan fingerprint density at radius 3 is 2.52 bits per heavy atom. The van der Waals surface area contributed by atoms with E-state index < -0.39 is 0 Å². The topological polar surface area (TPSA) is 70.2 Å². The molecule has 1 fully saturated rings. The van der Waals surface area contributed by atoms with Gasteiger partial charge in [0.2, 0.25) is 0 Å². The second kappa shape index (κ2) is 7.82. The summed E-state index contributed by atoms with van der Waals surface area (Å²) in [6.07, 6.45) is 2.07. The maximum atomic E-state index is 12.6. The molecule has 1 saturated carbocycles. The Hall–Kier alpha value is -2.82. The number of aryl methyl sites for hydroxylation is 1. The summed E-state index contributed by atoms with van der Waals surface area (Å²) in [5.74, 6) is -0.151. The number of hydrogen-bond donors (Lipinski definition) is 3. The fourth-order valence-corrected chi connectivity index (χ4v) is 2.89. The SMILES string of the molecule is Cc1cccc(C(C)(C)CNC(=O)c2cccc(NC(=O)NC3CC3)c2)c1. The molecule has 1 aliphatic rings. The molecule has 0 bridgehead atoms. The van der Waals surface area contributed by atoms with E-state index in [1.807, 2.05) is 6.07 Å². The Morgan fingerprint density at radius 2 is 1.81 bits per heavy atom. The Balaban J connectivity index is 1.60. The molecule has 1 aliphatic carbocycles. The summed E-state index contributed by atoms with van der Waals surface area (Å²) in [5.41, 5.74) is 3.35. The highest BCUT2D eigenvalue weighted by molar-refractivity contribution is 5.97. The van der Waals surface area contributed by atoms with E-state index in [9.17, 15) is 9.59 Å². The molecule has 5 nitrogen and oxygen atoms in total. The molecule has 5 heteroatoms. The molecule has 0 radical (unpaired) electrons. The first-order valence-electron chi connectivity index (χ1n) is 9.36. The van der Waals surface area contributed by atoms with E-state index in [2.05, 4.69) is 54.9 Å². The first-order valence-corrected chi connectivity index (χ1v) is 9.36. The van der Waals surface area contributed by atoms with Crippen LogP contribution in [0.5, 0.6) is 0 Å². The monoisotopic (exact) mass is 365 g/mol. The molecule has 3 rings (SSSR count). The predicted molar refractivity (Wildman–Crippen MR) is 108 cm³/mol. The molecule has 0 heterocycles. The minimum atomic E-state index is -0.226. The molecule has 0 aliphatic heterocycles. The summed E-state index contributed by atoms with van der Waals surface area (Å²) in [7, 11) is 0. The first-order chi connectivity index (χ1) is 12.8. The van der Waals surface area contributed by atoms with E-state index in [4.69, 9.17) is 0 Å². The van der Waals surface area contributed by atoms with Gasteiger partial charge >= 0.3 is 6.03 Å². The van der Waals surface area contributed by atoms with Gasteiger partial charge in [0.25, 0.3) is 5.91 Å². The van der Waals surface area contributed by atoms with E-state index in [1.165, 1.54) is 11.1 Å². The zero-order chi connectivity index (χ0) is 19.4. The molecular formula is C22H27N3O2. The zero-order valence-electron chi connectivity index (χ0n) is 16.1. The van der Waals surface area contributed by atoms with Crippen molar-refractivity contribution in [2.75, 3.05) is 11.9 Å². The van der Waals surface area contributed by atoms with E-state index in [0.717, 1.165) is 12.8 Å². The molecular weight excluding hydrogens is 338 g/mol. The van der Waals surface area contributed by atoms with Crippen LogP contribution in [0.2, 0.25) is 0 Å². The number of benzene rings is 2. The van der Waals surface area contributed by atoms with Crippen LogP contribution in [0.25, 0.3) is 0 Å². The quantitative estimate of drug-likeness (QED) is 0.724. The van der Waals surface area contributed by atoms with Gasteiger partial charge in [0.1, 0.15) is 0 Å². The predicted octanol–water partition coefficient (Wildman–Crippen LogP) is 3.99. The fourth-order valence-electron chi connectivity index (χ4n) is 2.89. The van der Waals surface area contributed by atoms with Crippen molar-refractivity contribution in [1.82, 2.24) is 10.6 Å². The Kier molecular flexibility index (Phi) is 5.49. The molecule has 142 valence electrons. The van der Waals surface area contributed by atoms with Gasteiger partial charge in [0, 0.05) is 29.3 Å². The number of carbonyl (C=O) groups is 2.